The lowest BCUT2D eigenvalue weighted by molar-refractivity contribution is -0.145. The standard InChI is InChI=1S/C21H28N6O7S/c1-26-15-14(16(30)27(2)20(26)34)23-17(25-15)21(18(31)32,8-4-6-12(28)29)7-3-5-11-13-10(9-35-11)22-19(33)24-13/h10-11,13H,3-9H2,1-2H3,(H,23,25)(H,28,29)(H,31,32)(H2,22,24,33)/t10-,11-,13-,21?/m0/s1. The van der Waals surface area contributed by atoms with Crippen LogP contribution in [0, 0.1) is 0 Å². The van der Waals surface area contributed by atoms with E-state index in [2.05, 4.69) is 20.6 Å². The molecule has 1 unspecified atom stereocenters. The molecule has 13 nitrogen and oxygen atoms in total. The van der Waals surface area contributed by atoms with Gasteiger partial charge in [-0.1, -0.05) is 6.42 Å². The van der Waals surface area contributed by atoms with Crippen molar-refractivity contribution in [3.63, 3.8) is 0 Å². The molecule has 2 saturated heterocycles. The van der Waals surface area contributed by atoms with Gasteiger partial charge < -0.3 is 25.8 Å². The number of nitrogens with zero attached hydrogens (tertiary/aromatic N) is 3. The highest BCUT2D eigenvalue weighted by Crippen LogP contribution is 2.38. The minimum Gasteiger partial charge on any atom is -0.481 e. The van der Waals surface area contributed by atoms with E-state index < -0.39 is 28.6 Å². The predicted molar refractivity (Wildman–Crippen MR) is 127 cm³/mol. The summed E-state index contributed by atoms with van der Waals surface area (Å²) in [6, 6.07) is -0.180. The molecule has 0 aliphatic carbocycles. The number of H-pyrrole nitrogens is 1. The molecule has 4 heterocycles. The fraction of sp³-hybridized carbons (Fsp3) is 0.619. The number of fused-ring (bicyclic) bond motifs is 2. The van der Waals surface area contributed by atoms with Gasteiger partial charge in [0.1, 0.15) is 16.8 Å². The second-order valence-electron chi connectivity index (χ2n) is 9.14. The van der Waals surface area contributed by atoms with Crippen molar-refractivity contribution in [2.75, 3.05) is 5.75 Å². The lowest BCUT2D eigenvalue weighted by Gasteiger charge is -2.28. The Kier molecular flexibility index (Phi) is 6.66. The van der Waals surface area contributed by atoms with Gasteiger partial charge in [-0.15, -0.1) is 0 Å². The maximum Gasteiger partial charge on any atom is 0.332 e. The van der Waals surface area contributed by atoms with E-state index in [0.29, 0.717) is 12.8 Å². The SMILES string of the molecule is Cn1c(=O)c2[nH]c(C(CCCC(=O)O)(CCC[C@@H]3SC[C@@H]4NC(=O)N[C@@H]43)C(=O)O)nc2n(C)c1=O. The maximum absolute atomic E-state index is 12.7. The molecular formula is C21H28N6O7S. The summed E-state index contributed by atoms with van der Waals surface area (Å²) in [5.41, 5.74) is -2.72. The number of aliphatic carboxylic acids is 2. The zero-order valence-electron chi connectivity index (χ0n) is 19.4. The minimum absolute atomic E-state index is 0.00906. The molecule has 0 bridgehead atoms. The van der Waals surface area contributed by atoms with Crippen molar-refractivity contribution in [3.8, 4) is 0 Å². The lowest BCUT2D eigenvalue weighted by Crippen LogP contribution is -2.39. The van der Waals surface area contributed by atoms with Crippen molar-refractivity contribution >= 4 is 40.9 Å². The number of aromatic amines is 1. The van der Waals surface area contributed by atoms with Crippen LogP contribution in [0.25, 0.3) is 11.2 Å². The number of carboxylic acids is 2. The molecule has 4 rings (SSSR count). The van der Waals surface area contributed by atoms with Gasteiger partial charge in [-0.25, -0.2) is 14.6 Å². The van der Waals surface area contributed by atoms with E-state index in [1.165, 1.54) is 18.7 Å². The number of hydrogen-bond acceptors (Lipinski definition) is 7. The summed E-state index contributed by atoms with van der Waals surface area (Å²) in [6.45, 7) is 0. The number of carbonyl (C=O) groups is 3. The van der Waals surface area contributed by atoms with E-state index in [0.717, 1.165) is 10.3 Å². The highest BCUT2D eigenvalue weighted by molar-refractivity contribution is 8.00. The summed E-state index contributed by atoms with van der Waals surface area (Å²) in [6.07, 6.45) is 1.14. The van der Waals surface area contributed by atoms with Crippen molar-refractivity contribution in [1.29, 1.82) is 0 Å². The van der Waals surface area contributed by atoms with Gasteiger partial charge in [0.2, 0.25) is 0 Å². The summed E-state index contributed by atoms with van der Waals surface area (Å²) >= 11 is 1.72. The van der Waals surface area contributed by atoms with Gasteiger partial charge in [0.25, 0.3) is 5.56 Å². The highest BCUT2D eigenvalue weighted by atomic mass is 32.2. The molecule has 2 aromatic heterocycles. The van der Waals surface area contributed by atoms with Gasteiger partial charge in [-0.2, -0.15) is 11.8 Å². The average molecular weight is 509 g/mol. The van der Waals surface area contributed by atoms with Crippen LogP contribution in [0.2, 0.25) is 0 Å². The molecule has 14 heteroatoms. The van der Waals surface area contributed by atoms with Crippen LogP contribution in [-0.4, -0.2) is 70.4 Å². The third-order valence-corrected chi connectivity index (χ3v) is 8.49. The molecule has 2 aromatic rings. The van der Waals surface area contributed by atoms with Crippen LogP contribution in [0.4, 0.5) is 4.79 Å². The Morgan fingerprint density at radius 1 is 1.11 bits per heavy atom. The lowest BCUT2D eigenvalue weighted by atomic mass is 9.77. The number of amides is 2. The molecule has 0 aromatic carbocycles. The first kappa shape index (κ1) is 24.8. The number of thioether (sulfide) groups is 1. The molecule has 4 atom stereocenters. The number of carbonyl (C=O) groups excluding carboxylic acids is 1. The Labute approximate surface area is 203 Å². The van der Waals surface area contributed by atoms with Gasteiger partial charge in [0, 0.05) is 31.5 Å². The molecule has 2 fully saturated rings. The molecule has 2 aliphatic rings. The molecule has 2 amide bonds. The molecule has 35 heavy (non-hydrogen) atoms. The van der Waals surface area contributed by atoms with Crippen molar-refractivity contribution in [2.24, 2.45) is 14.1 Å². The summed E-state index contributed by atoms with van der Waals surface area (Å²) in [4.78, 5) is 67.7. The maximum atomic E-state index is 12.7. The Bertz CT molecular complexity index is 1300. The summed E-state index contributed by atoms with van der Waals surface area (Å²) in [7, 11) is 2.77. The van der Waals surface area contributed by atoms with Gasteiger partial charge in [0.05, 0.1) is 12.1 Å². The zero-order chi connectivity index (χ0) is 25.5. The number of rotatable bonds is 10. The number of aromatic nitrogens is 4. The topological polar surface area (TPSA) is 188 Å². The van der Waals surface area contributed by atoms with Crippen molar-refractivity contribution < 1.29 is 24.6 Å². The van der Waals surface area contributed by atoms with Crippen molar-refractivity contribution in [3.05, 3.63) is 26.7 Å². The molecule has 2 aliphatic heterocycles. The van der Waals surface area contributed by atoms with Crippen LogP contribution >= 0.6 is 11.8 Å². The third kappa shape index (κ3) is 4.42. The third-order valence-electron chi connectivity index (χ3n) is 6.98. The highest BCUT2D eigenvalue weighted by Gasteiger charge is 2.45. The fourth-order valence-electron chi connectivity index (χ4n) is 5.02. The number of imidazole rings is 1. The first-order valence-corrected chi connectivity index (χ1v) is 12.4. The Morgan fingerprint density at radius 2 is 1.83 bits per heavy atom. The predicted octanol–water partition coefficient (Wildman–Crippen LogP) is -0.127. The molecule has 190 valence electrons. The van der Waals surface area contributed by atoms with Crippen molar-refractivity contribution in [2.45, 2.75) is 61.3 Å². The Balaban J connectivity index is 1.65. The molecular weight excluding hydrogens is 480 g/mol. The van der Waals surface area contributed by atoms with E-state index in [9.17, 15) is 29.1 Å². The van der Waals surface area contributed by atoms with Gasteiger partial charge in [0.15, 0.2) is 5.65 Å². The van der Waals surface area contributed by atoms with E-state index >= 15 is 0 Å². The summed E-state index contributed by atoms with van der Waals surface area (Å²) in [5, 5.41) is 25.4. The van der Waals surface area contributed by atoms with Crippen LogP contribution < -0.4 is 21.9 Å². The fourth-order valence-corrected chi connectivity index (χ4v) is 6.56. The molecule has 0 spiro atoms. The van der Waals surface area contributed by atoms with Gasteiger partial charge in [-0.3, -0.25) is 23.5 Å². The summed E-state index contributed by atoms with van der Waals surface area (Å²) < 4.78 is 2.08. The average Bonchev–Trinajstić information content (AvgIpc) is 3.50. The second kappa shape index (κ2) is 9.40. The van der Waals surface area contributed by atoms with E-state index in [4.69, 9.17) is 5.11 Å². The molecule has 5 N–H and O–H groups in total. The van der Waals surface area contributed by atoms with Gasteiger partial charge in [-0.05, 0) is 25.7 Å². The zero-order valence-corrected chi connectivity index (χ0v) is 20.2. The normalized spacial score (nSPS) is 23.0. The first-order chi connectivity index (χ1) is 16.5. The van der Waals surface area contributed by atoms with Crippen LogP contribution in [-0.2, 0) is 29.1 Å². The van der Waals surface area contributed by atoms with Crippen LogP contribution in [0.5, 0.6) is 0 Å². The number of aryl methyl sites for hydroxylation is 1. The number of nitrogens with one attached hydrogen (secondary N) is 3. The first-order valence-electron chi connectivity index (χ1n) is 11.3. The summed E-state index contributed by atoms with van der Waals surface area (Å²) in [5.74, 6) is -1.42. The van der Waals surface area contributed by atoms with Crippen LogP contribution in [0.15, 0.2) is 9.59 Å². The quantitative estimate of drug-likeness (QED) is 0.272. The van der Waals surface area contributed by atoms with Crippen LogP contribution in [0.3, 0.4) is 0 Å². The van der Waals surface area contributed by atoms with E-state index in [1.807, 2.05) is 0 Å². The largest absolute Gasteiger partial charge is 0.481 e. The second-order valence-corrected chi connectivity index (χ2v) is 10.4. The van der Waals surface area contributed by atoms with Crippen LogP contribution in [0.1, 0.15) is 44.3 Å². The number of hydrogen-bond donors (Lipinski definition) is 5. The minimum atomic E-state index is -1.57. The Hall–Kier alpha value is -3.29. The molecule has 0 saturated carbocycles. The number of urea groups is 1. The van der Waals surface area contributed by atoms with E-state index in [-0.39, 0.29) is 66.0 Å². The van der Waals surface area contributed by atoms with Gasteiger partial charge >= 0.3 is 23.7 Å². The van der Waals surface area contributed by atoms with E-state index in [1.54, 1.807) is 11.8 Å². The molecule has 0 radical (unpaired) electrons. The van der Waals surface area contributed by atoms with Crippen molar-refractivity contribution in [1.82, 2.24) is 29.7 Å². The smallest absolute Gasteiger partial charge is 0.332 e. The number of carboxylic acid groups (broad SMARTS) is 2. The monoisotopic (exact) mass is 508 g/mol. The Morgan fingerprint density at radius 3 is 2.51 bits per heavy atom.